The van der Waals surface area contributed by atoms with Crippen molar-refractivity contribution in [1.29, 1.82) is 0 Å². The van der Waals surface area contributed by atoms with Crippen LogP contribution in [0.2, 0.25) is 0 Å². The fraction of sp³-hybridized carbons (Fsp3) is 0.698. The zero-order chi connectivity index (χ0) is 40.4. The molecule has 1 saturated heterocycles. The number of carboxylic acids is 1. The van der Waals surface area contributed by atoms with Gasteiger partial charge in [0.05, 0.1) is 25.0 Å². The first kappa shape index (κ1) is 45.2. The van der Waals surface area contributed by atoms with Crippen LogP contribution < -0.4 is 5.32 Å². The Bertz CT molecular complexity index is 1520. The zero-order valence-electron chi connectivity index (χ0n) is 34.9. The number of nitrogens with zero attached hydrogens (tertiary/aromatic N) is 3. The number of aliphatic carboxylic acids is 1. The van der Waals surface area contributed by atoms with E-state index in [1.165, 1.54) is 11.3 Å². The number of amides is 2. The summed E-state index contributed by atoms with van der Waals surface area (Å²) in [6.07, 6.45) is 4.86. The molecule has 2 amide bonds. The zero-order valence-corrected chi connectivity index (χ0v) is 35.7. The Morgan fingerprint density at radius 3 is 2.30 bits per heavy atom. The van der Waals surface area contributed by atoms with E-state index in [2.05, 4.69) is 60.8 Å². The first-order valence-corrected chi connectivity index (χ1v) is 21.0. The highest BCUT2D eigenvalue weighted by atomic mass is 32.1. The van der Waals surface area contributed by atoms with E-state index in [0.29, 0.717) is 28.9 Å². The first-order valence-electron chi connectivity index (χ1n) is 20.1. The van der Waals surface area contributed by atoms with Gasteiger partial charge in [0.2, 0.25) is 5.91 Å². The van der Waals surface area contributed by atoms with Gasteiger partial charge in [-0.2, -0.15) is 0 Å². The van der Waals surface area contributed by atoms with Crippen molar-refractivity contribution in [2.75, 3.05) is 27.2 Å². The van der Waals surface area contributed by atoms with E-state index in [4.69, 9.17) is 9.72 Å². The van der Waals surface area contributed by atoms with Gasteiger partial charge in [-0.25, -0.2) is 4.98 Å². The molecule has 54 heavy (non-hydrogen) atoms. The molecule has 2 aromatic rings. The van der Waals surface area contributed by atoms with Crippen molar-refractivity contribution >= 4 is 34.9 Å². The lowest BCUT2D eigenvalue weighted by molar-refractivity contribution is -0.971. The highest BCUT2D eigenvalue weighted by Gasteiger charge is 2.49. The van der Waals surface area contributed by atoms with Crippen molar-refractivity contribution < 1.29 is 33.5 Å². The van der Waals surface area contributed by atoms with Gasteiger partial charge in [0.15, 0.2) is 5.78 Å². The molecule has 0 bridgehead atoms. The molecule has 302 valence electrons. The number of hydrogen-bond donors (Lipinski definition) is 2. The molecule has 0 aliphatic carbocycles. The number of ketones is 1. The summed E-state index contributed by atoms with van der Waals surface area (Å²) in [7, 11) is 4.07. The molecular formula is C43H69N4O6S+. The number of thiazole rings is 1. The van der Waals surface area contributed by atoms with E-state index in [1.54, 1.807) is 12.3 Å². The van der Waals surface area contributed by atoms with Gasteiger partial charge in [0.25, 0.3) is 5.91 Å². The van der Waals surface area contributed by atoms with Crippen molar-refractivity contribution in [2.24, 2.45) is 23.7 Å². The Morgan fingerprint density at radius 2 is 1.72 bits per heavy atom. The fourth-order valence-corrected chi connectivity index (χ4v) is 8.91. The molecule has 11 heteroatoms. The van der Waals surface area contributed by atoms with E-state index in [0.717, 1.165) is 37.8 Å². The molecule has 0 radical (unpaired) electrons. The highest BCUT2D eigenvalue weighted by molar-refractivity contribution is 7.09. The lowest BCUT2D eigenvalue weighted by Crippen LogP contribution is -2.67. The number of carboxylic acid groups (broad SMARTS) is 1. The second kappa shape index (κ2) is 20.1. The van der Waals surface area contributed by atoms with Gasteiger partial charge in [-0.1, -0.05) is 71.4 Å². The number of carbonyl (C=O) groups excluding carboxylic acids is 3. The maximum absolute atomic E-state index is 14.5. The third kappa shape index (κ3) is 11.7. The molecule has 10 nitrogen and oxygen atoms in total. The number of rotatable bonds is 20. The lowest BCUT2D eigenvalue weighted by atomic mass is 9.81. The summed E-state index contributed by atoms with van der Waals surface area (Å²) in [5, 5.41) is 15.0. The average molecular weight is 770 g/mol. The summed E-state index contributed by atoms with van der Waals surface area (Å²) in [5.41, 5.74) is 1.18. The molecule has 0 saturated carbocycles. The van der Waals surface area contributed by atoms with Gasteiger partial charge in [-0.3, -0.25) is 19.2 Å². The number of Topliss-reactive ketones (excluding diaryl/α,β-unsaturated/α-hetero) is 1. The summed E-state index contributed by atoms with van der Waals surface area (Å²) < 4.78 is 6.96. The van der Waals surface area contributed by atoms with Crippen molar-refractivity contribution in [3.8, 4) is 0 Å². The van der Waals surface area contributed by atoms with Crippen LogP contribution in [0.5, 0.6) is 0 Å². The van der Waals surface area contributed by atoms with Gasteiger partial charge in [0.1, 0.15) is 22.8 Å². The quantitative estimate of drug-likeness (QED) is 0.131. The highest BCUT2D eigenvalue weighted by Crippen LogP contribution is 2.37. The largest absolute Gasteiger partial charge is 0.481 e. The molecule has 0 spiro atoms. The van der Waals surface area contributed by atoms with Crippen LogP contribution in [0.1, 0.15) is 134 Å². The van der Waals surface area contributed by atoms with Crippen LogP contribution in [0.3, 0.4) is 0 Å². The third-order valence-corrected chi connectivity index (χ3v) is 13.1. The van der Waals surface area contributed by atoms with Crippen molar-refractivity contribution in [3.63, 3.8) is 0 Å². The topological polar surface area (TPSA) is 126 Å². The molecule has 1 aromatic carbocycles. The number of benzene rings is 1. The van der Waals surface area contributed by atoms with E-state index in [9.17, 15) is 24.3 Å². The van der Waals surface area contributed by atoms with Gasteiger partial charge in [-0.15, -0.1) is 11.3 Å². The number of likely N-dealkylation sites (N-methyl/N-ethyl adjacent to an activating group) is 1. The molecule has 2 heterocycles. The van der Waals surface area contributed by atoms with Crippen LogP contribution in [0.25, 0.3) is 0 Å². The van der Waals surface area contributed by atoms with Crippen LogP contribution in [0.4, 0.5) is 0 Å². The lowest BCUT2D eigenvalue weighted by Gasteiger charge is -2.52. The van der Waals surface area contributed by atoms with E-state index in [1.807, 2.05) is 49.2 Å². The van der Waals surface area contributed by atoms with Crippen molar-refractivity contribution in [1.82, 2.24) is 15.2 Å². The van der Waals surface area contributed by atoms with Crippen molar-refractivity contribution in [2.45, 2.75) is 143 Å². The minimum Gasteiger partial charge on any atom is -0.481 e. The van der Waals surface area contributed by atoms with Gasteiger partial charge >= 0.3 is 5.97 Å². The fourth-order valence-electron chi connectivity index (χ4n) is 8.05. The van der Waals surface area contributed by atoms with Crippen molar-refractivity contribution in [3.05, 3.63) is 52.0 Å². The summed E-state index contributed by atoms with van der Waals surface area (Å²) in [4.78, 5) is 60.5. The molecule has 3 rings (SSSR count). The van der Waals surface area contributed by atoms with Crippen LogP contribution in [-0.4, -0.2) is 94.0 Å². The van der Waals surface area contributed by atoms with Crippen LogP contribution in [0.15, 0.2) is 35.7 Å². The SMILES string of the molecule is CCO[C@H](C[C@H](C(C)C)N(C)C(=O)C(CC(=O)[C@H]1CCCC[N+]1(C)C(C)(C)C)[C@@H](C)CC)c1nc(C(=O)N[C@@H](Cc2ccccc2)C[C@H](C)C(=O)O)cs1. The summed E-state index contributed by atoms with van der Waals surface area (Å²) >= 11 is 1.35. The molecular weight excluding hydrogens is 701 g/mol. The number of hydrogen-bond acceptors (Lipinski definition) is 7. The molecule has 1 fully saturated rings. The maximum atomic E-state index is 14.5. The number of likely N-dealkylation sites (tertiary alicyclic amines) is 1. The summed E-state index contributed by atoms with van der Waals surface area (Å²) in [5.74, 6) is -2.00. The average Bonchev–Trinajstić information content (AvgIpc) is 3.62. The number of nitrogens with one attached hydrogen (secondary N) is 1. The normalized spacial score (nSPS) is 21.1. The first-order chi connectivity index (χ1) is 25.3. The van der Waals surface area contributed by atoms with Gasteiger partial charge in [0, 0.05) is 56.3 Å². The maximum Gasteiger partial charge on any atom is 0.306 e. The molecule has 2 N–H and O–H groups in total. The number of carbonyl (C=O) groups is 4. The van der Waals surface area contributed by atoms with Gasteiger partial charge in [-0.05, 0) is 70.8 Å². The molecule has 1 aliphatic rings. The van der Waals surface area contributed by atoms with E-state index >= 15 is 0 Å². The predicted molar refractivity (Wildman–Crippen MR) is 216 cm³/mol. The Balaban J connectivity index is 1.81. The van der Waals surface area contributed by atoms with Crippen LogP contribution >= 0.6 is 11.3 Å². The number of piperidine rings is 1. The standard InChI is InChI=1S/C43H68N4O6S/c1-12-29(5)33(25-37(48)36-21-17-18-22-47(36,11)43(7,8)9)41(50)46(10)35(28(3)4)26-38(53-13-2)40-45-34(27-54-40)39(49)44-32(23-30(6)42(51)52)24-31-19-15-14-16-20-31/h14-16,19-20,27-30,32-33,35-36,38H,12-13,17-18,21-26H2,1-11H3,(H-,44,49,51,52)/p+1/t29-,30-,32+,33?,35+,36+,38+,47?/m0/s1. The summed E-state index contributed by atoms with van der Waals surface area (Å²) in [6.45, 7) is 20.0. The second-order valence-electron chi connectivity index (χ2n) is 17.2. The minimum atomic E-state index is -0.907. The third-order valence-electron chi connectivity index (χ3n) is 12.2. The molecule has 8 atom stereocenters. The number of ether oxygens (including phenoxy) is 1. The Morgan fingerprint density at radius 1 is 1.06 bits per heavy atom. The predicted octanol–water partition coefficient (Wildman–Crippen LogP) is 7.96. The van der Waals surface area contributed by atoms with Crippen LogP contribution in [0, 0.1) is 23.7 Å². The second-order valence-corrected chi connectivity index (χ2v) is 18.1. The molecule has 2 unspecified atom stereocenters. The monoisotopic (exact) mass is 769 g/mol. The van der Waals surface area contributed by atoms with E-state index < -0.39 is 30.0 Å². The minimum absolute atomic E-state index is 0.00771. The summed E-state index contributed by atoms with van der Waals surface area (Å²) in [6, 6.07) is 8.99. The smallest absolute Gasteiger partial charge is 0.306 e. The Hall–Kier alpha value is -3.15. The molecule has 1 aromatic heterocycles. The number of aromatic nitrogens is 1. The van der Waals surface area contributed by atoms with Gasteiger partial charge < -0.3 is 24.5 Å². The Kier molecular flexibility index (Phi) is 16.9. The molecule has 1 aliphatic heterocycles. The van der Waals surface area contributed by atoms with Crippen LogP contribution in [-0.2, 0) is 25.5 Å². The van der Waals surface area contributed by atoms with E-state index in [-0.39, 0.29) is 65.6 Å². The number of quaternary nitrogens is 1. The Labute approximate surface area is 329 Å².